The smallest absolute Gasteiger partial charge is 0.333 e. The molecule has 3 aliphatic carbocycles. The molecule has 4 fully saturated rings. The van der Waals surface area contributed by atoms with Crippen LogP contribution in [0.3, 0.4) is 0 Å². The van der Waals surface area contributed by atoms with Gasteiger partial charge in [0.2, 0.25) is 0 Å². The van der Waals surface area contributed by atoms with Crippen LogP contribution in [-0.2, 0) is 28.5 Å². The summed E-state index contributed by atoms with van der Waals surface area (Å²) in [6.07, 6.45) is -13.3. The Morgan fingerprint density at radius 2 is 1.68 bits per heavy atom. The number of hydrogen-bond donors (Lipinski definition) is 8. The second-order valence-corrected chi connectivity index (χ2v) is 13.7. The summed E-state index contributed by atoms with van der Waals surface area (Å²) in [4.78, 5) is 27.9. The Labute approximate surface area is 290 Å². The monoisotopic (exact) mass is 843 g/mol. The van der Waals surface area contributed by atoms with Crippen LogP contribution in [0, 0.1) is 66.7 Å². The van der Waals surface area contributed by atoms with Crippen LogP contribution in [0.25, 0.3) is 0 Å². The number of Topliss-reactive ketones (excluding diaryl/α,β-unsaturated/α-hetero) is 1. The number of aliphatic hydroxyl groups excluding tert-OH is 6. The molecule has 1 radical (unpaired) electrons. The summed E-state index contributed by atoms with van der Waals surface area (Å²) in [5, 5.41) is 86.5. The van der Waals surface area contributed by atoms with Gasteiger partial charge < -0.3 is 59.8 Å². The molecule has 0 aromatic rings. The minimum absolute atomic E-state index is 0. The summed E-state index contributed by atoms with van der Waals surface area (Å²) in [6, 6.07) is 0. The van der Waals surface area contributed by atoms with E-state index in [-0.39, 0.29) is 69.1 Å². The molecule has 14 atom stereocenters. The standard InChI is InChI=1S/C29H44O14.Ac/c1-11-13(31)7-29(39)12(2)23-27(5,15(32)6-16-28(23,38)10-41-16)24(37)22(18(11)26(29,3)4)43-17(33)9-40-25-21(36)20(35)19(34)14(8-30)42-25;/h12-16,19-23,25,30-32,34-36,38-39H,6-10H2,1-5H3;/t12-,13?,14?,15?,16?,19?,20?,21?,22?,23?,25?,27+,28?,29?;/m0./s1. The van der Waals surface area contributed by atoms with Crippen LogP contribution in [-0.4, -0.2) is 139 Å². The molecule has 0 aromatic heterocycles. The maximum Gasteiger partial charge on any atom is 0.333 e. The Bertz CT molecular complexity index is 1180. The summed E-state index contributed by atoms with van der Waals surface area (Å²) in [6.45, 7) is 6.37. The number of carbonyl (C=O) groups excluding carboxylic acids is 2. The zero-order chi connectivity index (χ0) is 32.0. The van der Waals surface area contributed by atoms with Crippen molar-refractivity contribution in [3.8, 4) is 0 Å². The predicted octanol–water partition coefficient (Wildman–Crippen LogP) is -2.71. The van der Waals surface area contributed by atoms with E-state index in [4.69, 9.17) is 18.9 Å². The summed E-state index contributed by atoms with van der Waals surface area (Å²) in [5.41, 5.74) is -5.80. The van der Waals surface area contributed by atoms with Crippen LogP contribution in [0.1, 0.15) is 47.5 Å². The van der Waals surface area contributed by atoms with E-state index in [2.05, 4.69) is 0 Å². The minimum Gasteiger partial charge on any atom is -0.448 e. The van der Waals surface area contributed by atoms with Crippen molar-refractivity contribution >= 4 is 11.8 Å². The average molecular weight is 844 g/mol. The molecule has 247 valence electrons. The molecule has 0 spiro atoms. The van der Waals surface area contributed by atoms with Crippen LogP contribution in [0.4, 0.5) is 0 Å². The number of rotatable bonds is 5. The van der Waals surface area contributed by atoms with Crippen molar-refractivity contribution in [1.29, 1.82) is 0 Å². The van der Waals surface area contributed by atoms with Crippen molar-refractivity contribution in [2.75, 3.05) is 19.8 Å². The molecule has 2 saturated heterocycles. The fraction of sp³-hybridized carbons (Fsp3) is 0.862. The van der Waals surface area contributed by atoms with Crippen molar-refractivity contribution in [1.82, 2.24) is 0 Å². The third kappa shape index (κ3) is 5.12. The summed E-state index contributed by atoms with van der Waals surface area (Å²) >= 11 is 0. The fourth-order valence-corrected chi connectivity index (χ4v) is 8.60. The van der Waals surface area contributed by atoms with Gasteiger partial charge in [-0.25, -0.2) is 4.79 Å². The van der Waals surface area contributed by atoms with Gasteiger partial charge in [-0.15, -0.1) is 0 Å². The summed E-state index contributed by atoms with van der Waals surface area (Å²) in [5.74, 6) is -3.71. The first-order chi connectivity index (χ1) is 19.9. The Morgan fingerprint density at radius 3 is 2.25 bits per heavy atom. The van der Waals surface area contributed by atoms with E-state index in [1.165, 1.54) is 6.92 Å². The van der Waals surface area contributed by atoms with Crippen LogP contribution >= 0.6 is 0 Å². The maximum absolute atomic E-state index is 14.6. The summed E-state index contributed by atoms with van der Waals surface area (Å²) in [7, 11) is 0. The minimum atomic E-state index is -1.78. The molecule has 2 bridgehead atoms. The molecule has 5 rings (SSSR count). The van der Waals surface area contributed by atoms with Crippen LogP contribution in [0.5, 0.6) is 0 Å². The first kappa shape index (κ1) is 36.7. The van der Waals surface area contributed by atoms with E-state index >= 15 is 0 Å². The molecule has 12 unspecified atom stereocenters. The van der Waals surface area contributed by atoms with Gasteiger partial charge >= 0.3 is 5.97 Å². The zero-order valence-electron chi connectivity index (χ0n) is 25.5. The van der Waals surface area contributed by atoms with Gasteiger partial charge in [0.25, 0.3) is 0 Å². The van der Waals surface area contributed by atoms with E-state index in [9.17, 15) is 50.4 Å². The molecule has 14 nitrogen and oxygen atoms in total. The van der Waals surface area contributed by atoms with Crippen molar-refractivity contribution in [2.45, 2.75) is 114 Å². The van der Waals surface area contributed by atoms with Crippen molar-refractivity contribution in [3.63, 3.8) is 0 Å². The third-order valence-corrected chi connectivity index (χ3v) is 11.3. The molecule has 0 amide bonds. The van der Waals surface area contributed by atoms with E-state index in [1.807, 2.05) is 0 Å². The Hall–Kier alpha value is -0.118. The van der Waals surface area contributed by atoms with Crippen molar-refractivity contribution in [3.05, 3.63) is 11.1 Å². The molecule has 44 heavy (non-hydrogen) atoms. The number of aliphatic hydroxyl groups is 8. The van der Waals surface area contributed by atoms with Gasteiger partial charge in [-0.1, -0.05) is 20.8 Å². The molecule has 0 aromatic carbocycles. The normalized spacial score (nSPS) is 49.8. The Balaban J connectivity index is 0.00000442. The number of esters is 1. The first-order valence-electron chi connectivity index (χ1n) is 14.7. The molecular weight excluding hydrogens is 799 g/mol. The number of hydrogen-bond acceptors (Lipinski definition) is 14. The van der Waals surface area contributed by atoms with Crippen molar-refractivity contribution in [2.24, 2.45) is 22.7 Å². The molecule has 2 heterocycles. The number of fused-ring (bicyclic) bond motifs is 5. The Kier molecular flexibility index (Phi) is 10.3. The molecule has 2 saturated carbocycles. The van der Waals surface area contributed by atoms with Gasteiger partial charge in [-0.05, 0) is 30.9 Å². The van der Waals surface area contributed by atoms with Gasteiger partial charge in [0.1, 0.15) is 36.6 Å². The maximum atomic E-state index is 14.6. The van der Waals surface area contributed by atoms with Crippen LogP contribution < -0.4 is 0 Å². The molecule has 5 aliphatic rings. The second-order valence-electron chi connectivity index (χ2n) is 13.7. The largest absolute Gasteiger partial charge is 0.448 e. The van der Waals surface area contributed by atoms with E-state index in [0.717, 1.165) is 0 Å². The zero-order valence-corrected chi connectivity index (χ0v) is 30.2. The first-order valence-corrected chi connectivity index (χ1v) is 14.7. The van der Waals surface area contributed by atoms with Gasteiger partial charge in [0.15, 0.2) is 18.2 Å². The fourth-order valence-electron chi connectivity index (χ4n) is 8.60. The number of carbonyl (C=O) groups is 2. The molecule has 8 N–H and O–H groups in total. The van der Waals surface area contributed by atoms with Gasteiger partial charge in [0, 0.05) is 68.2 Å². The predicted molar refractivity (Wildman–Crippen MR) is 143 cm³/mol. The van der Waals surface area contributed by atoms with Gasteiger partial charge in [0.05, 0.1) is 42.5 Å². The molecule has 2 aliphatic heterocycles. The quantitative estimate of drug-likeness (QED) is 0.104. The second kappa shape index (κ2) is 12.4. The average Bonchev–Trinajstić information content (AvgIpc) is 2.94. The van der Waals surface area contributed by atoms with Crippen molar-refractivity contribution < 1.29 is 113 Å². The molecular formula is C29H44AcO14. The summed E-state index contributed by atoms with van der Waals surface area (Å²) < 4.78 is 21.9. The van der Waals surface area contributed by atoms with Gasteiger partial charge in [-0.3, -0.25) is 4.79 Å². The topological polar surface area (TPSA) is 233 Å². The van der Waals surface area contributed by atoms with E-state index in [0.29, 0.717) is 5.57 Å². The van der Waals surface area contributed by atoms with E-state index < -0.39 is 114 Å². The Morgan fingerprint density at radius 1 is 1.05 bits per heavy atom. The third-order valence-electron chi connectivity index (χ3n) is 11.3. The van der Waals surface area contributed by atoms with E-state index in [1.54, 1.807) is 27.7 Å². The number of ketones is 1. The SMILES string of the molecule is CC1=C2C(OC(=O)COC3OC(CO)C(O)C(O)C3O)C(=O)[C@]3(C)C(O)CC4OCC4(O)C3[C@H](C)C(O)(CC1O)C2(C)C.[Ac]. The van der Waals surface area contributed by atoms with Crippen LogP contribution in [0.2, 0.25) is 0 Å². The molecule has 15 heteroatoms. The van der Waals surface area contributed by atoms with Gasteiger partial charge in [-0.2, -0.15) is 0 Å². The van der Waals surface area contributed by atoms with Crippen LogP contribution in [0.15, 0.2) is 11.1 Å². The number of ether oxygens (including phenoxy) is 4.